The van der Waals surface area contributed by atoms with E-state index in [2.05, 4.69) is 44.6 Å². The summed E-state index contributed by atoms with van der Waals surface area (Å²) in [4.78, 5) is 6.49. The van der Waals surface area contributed by atoms with Gasteiger partial charge in [0.25, 0.3) is 0 Å². The lowest BCUT2D eigenvalue weighted by Gasteiger charge is -2.13. The highest BCUT2D eigenvalue weighted by Gasteiger charge is 2.01. The van der Waals surface area contributed by atoms with Crippen LogP contribution in [0.25, 0.3) is 5.65 Å². The number of hydrogen-bond donors (Lipinski definition) is 1. The molecule has 2 aromatic heterocycles. The summed E-state index contributed by atoms with van der Waals surface area (Å²) in [7, 11) is 4.07. The molecule has 0 saturated carbocycles. The zero-order valence-electron chi connectivity index (χ0n) is 12.5. The first-order chi connectivity index (χ1) is 10.1. The fraction of sp³-hybridized carbons (Fsp3) is 0.250. The number of nitrogens with zero attached hydrogens (tertiary/aromatic N) is 4. The van der Waals surface area contributed by atoms with Crippen LogP contribution in [0.5, 0.6) is 0 Å². The molecule has 0 aliphatic heterocycles. The van der Waals surface area contributed by atoms with Crippen molar-refractivity contribution in [3.63, 3.8) is 0 Å². The zero-order chi connectivity index (χ0) is 14.8. The lowest BCUT2D eigenvalue weighted by Crippen LogP contribution is -2.08. The number of anilines is 2. The van der Waals surface area contributed by atoms with E-state index < -0.39 is 0 Å². The van der Waals surface area contributed by atoms with Gasteiger partial charge in [0.2, 0.25) is 0 Å². The maximum absolute atomic E-state index is 4.41. The Hall–Kier alpha value is -2.56. The van der Waals surface area contributed by atoms with Crippen LogP contribution in [0.4, 0.5) is 11.4 Å². The van der Waals surface area contributed by atoms with Gasteiger partial charge in [-0.1, -0.05) is 0 Å². The summed E-state index contributed by atoms with van der Waals surface area (Å²) in [6.07, 6.45) is 3.90. The molecule has 5 nitrogen and oxygen atoms in total. The minimum Gasteiger partial charge on any atom is -0.381 e. The van der Waals surface area contributed by atoms with Gasteiger partial charge in [-0.05, 0) is 31.2 Å². The minimum absolute atomic E-state index is 0.725. The van der Waals surface area contributed by atoms with Crippen molar-refractivity contribution in [1.29, 1.82) is 0 Å². The van der Waals surface area contributed by atoms with Crippen LogP contribution in [0.15, 0.2) is 42.7 Å². The summed E-state index contributed by atoms with van der Waals surface area (Å²) in [5, 5.41) is 7.78. The molecule has 0 aliphatic carbocycles. The van der Waals surface area contributed by atoms with Crippen molar-refractivity contribution < 1.29 is 0 Å². The predicted octanol–water partition coefficient (Wildman–Crippen LogP) is 2.72. The van der Waals surface area contributed by atoms with Crippen LogP contribution in [0, 0.1) is 6.92 Å². The molecule has 21 heavy (non-hydrogen) atoms. The summed E-state index contributed by atoms with van der Waals surface area (Å²) < 4.78 is 1.82. The lowest BCUT2D eigenvalue weighted by atomic mass is 10.2. The average Bonchev–Trinajstić information content (AvgIpc) is 2.84. The molecule has 0 bridgehead atoms. The van der Waals surface area contributed by atoms with E-state index in [0.717, 1.165) is 29.1 Å². The van der Waals surface area contributed by atoms with Crippen molar-refractivity contribution in [3.8, 4) is 0 Å². The standard InChI is InChI=1S/C16H19N5/c1-12-8-16-18-10-13(11-21(16)19-12)9-17-14-4-6-15(7-5-14)20(2)3/h4-8,10-11,17H,9H2,1-3H3. The number of hydrogen-bond acceptors (Lipinski definition) is 4. The van der Waals surface area contributed by atoms with Gasteiger partial charge in [-0.3, -0.25) is 0 Å². The average molecular weight is 281 g/mol. The van der Waals surface area contributed by atoms with Crippen LogP contribution in [-0.2, 0) is 6.54 Å². The Morgan fingerprint density at radius 2 is 1.95 bits per heavy atom. The SMILES string of the molecule is Cc1cc2ncc(CNc3ccc(N(C)C)cc3)cn2n1. The minimum atomic E-state index is 0.725. The molecule has 3 aromatic rings. The van der Waals surface area contributed by atoms with Crippen molar-refractivity contribution in [2.24, 2.45) is 0 Å². The van der Waals surface area contributed by atoms with Gasteiger partial charge < -0.3 is 10.2 Å². The molecule has 0 unspecified atom stereocenters. The van der Waals surface area contributed by atoms with Gasteiger partial charge in [-0.2, -0.15) is 5.10 Å². The molecular formula is C16H19N5. The first-order valence-electron chi connectivity index (χ1n) is 6.94. The third kappa shape index (κ3) is 2.97. The molecule has 5 heteroatoms. The molecule has 0 fully saturated rings. The molecule has 0 radical (unpaired) electrons. The smallest absolute Gasteiger partial charge is 0.155 e. The Balaban J connectivity index is 1.70. The van der Waals surface area contributed by atoms with Crippen LogP contribution in [0.3, 0.4) is 0 Å². The monoisotopic (exact) mass is 281 g/mol. The van der Waals surface area contributed by atoms with Crippen molar-refractivity contribution in [3.05, 3.63) is 54.0 Å². The van der Waals surface area contributed by atoms with Gasteiger partial charge in [-0.25, -0.2) is 9.50 Å². The Labute approximate surface area is 124 Å². The molecule has 0 atom stereocenters. The summed E-state index contributed by atoms with van der Waals surface area (Å²) in [5.41, 5.74) is 5.24. The summed E-state index contributed by atoms with van der Waals surface area (Å²) >= 11 is 0. The largest absolute Gasteiger partial charge is 0.381 e. The van der Waals surface area contributed by atoms with E-state index in [9.17, 15) is 0 Å². The van der Waals surface area contributed by atoms with E-state index in [1.807, 2.05) is 44.0 Å². The van der Waals surface area contributed by atoms with Crippen LogP contribution >= 0.6 is 0 Å². The lowest BCUT2D eigenvalue weighted by molar-refractivity contribution is 0.895. The number of benzene rings is 1. The normalized spacial score (nSPS) is 10.8. The molecule has 108 valence electrons. The van der Waals surface area contributed by atoms with Crippen LogP contribution in [0.2, 0.25) is 0 Å². The second-order valence-corrected chi connectivity index (χ2v) is 5.35. The molecule has 1 N–H and O–H groups in total. The molecule has 0 amide bonds. The topological polar surface area (TPSA) is 45.5 Å². The van der Waals surface area contributed by atoms with E-state index >= 15 is 0 Å². The van der Waals surface area contributed by atoms with Crippen LogP contribution < -0.4 is 10.2 Å². The van der Waals surface area contributed by atoms with E-state index in [1.165, 1.54) is 5.69 Å². The van der Waals surface area contributed by atoms with Crippen LogP contribution in [-0.4, -0.2) is 28.7 Å². The Bertz CT molecular complexity index is 743. The van der Waals surface area contributed by atoms with Crippen molar-refractivity contribution in [1.82, 2.24) is 14.6 Å². The fourth-order valence-electron chi connectivity index (χ4n) is 2.21. The third-order valence-electron chi connectivity index (χ3n) is 3.37. The third-order valence-corrected chi connectivity index (χ3v) is 3.37. The highest BCUT2D eigenvalue weighted by Crippen LogP contribution is 2.16. The highest BCUT2D eigenvalue weighted by molar-refractivity contribution is 5.54. The van der Waals surface area contributed by atoms with Gasteiger partial charge in [0.05, 0.1) is 5.69 Å². The molecule has 1 aromatic carbocycles. The summed E-state index contributed by atoms with van der Waals surface area (Å²) in [6, 6.07) is 10.3. The quantitative estimate of drug-likeness (QED) is 0.798. The van der Waals surface area contributed by atoms with E-state index in [4.69, 9.17) is 0 Å². The van der Waals surface area contributed by atoms with Crippen molar-refractivity contribution >= 4 is 17.0 Å². The fourth-order valence-corrected chi connectivity index (χ4v) is 2.21. The predicted molar refractivity (Wildman–Crippen MR) is 85.8 cm³/mol. The van der Waals surface area contributed by atoms with Gasteiger partial charge in [-0.15, -0.1) is 0 Å². The van der Waals surface area contributed by atoms with Gasteiger partial charge in [0.1, 0.15) is 0 Å². The second-order valence-electron chi connectivity index (χ2n) is 5.35. The maximum Gasteiger partial charge on any atom is 0.155 e. The number of nitrogens with one attached hydrogen (secondary N) is 1. The number of rotatable bonds is 4. The molecular weight excluding hydrogens is 262 g/mol. The van der Waals surface area contributed by atoms with Crippen molar-refractivity contribution in [2.45, 2.75) is 13.5 Å². The van der Waals surface area contributed by atoms with Crippen LogP contribution in [0.1, 0.15) is 11.3 Å². The first-order valence-corrected chi connectivity index (χ1v) is 6.94. The van der Waals surface area contributed by atoms with Gasteiger partial charge >= 0.3 is 0 Å². The number of aromatic nitrogens is 3. The van der Waals surface area contributed by atoms with Gasteiger partial charge in [0.15, 0.2) is 5.65 Å². The molecule has 0 spiro atoms. The Kier molecular flexibility index (Phi) is 3.48. The second kappa shape index (κ2) is 5.44. The summed E-state index contributed by atoms with van der Waals surface area (Å²) in [6.45, 7) is 2.70. The number of fused-ring (bicyclic) bond motifs is 1. The van der Waals surface area contributed by atoms with Gasteiger partial charge in [0, 0.05) is 56.0 Å². The summed E-state index contributed by atoms with van der Waals surface area (Å²) in [5.74, 6) is 0. The van der Waals surface area contributed by atoms with E-state index in [-0.39, 0.29) is 0 Å². The Morgan fingerprint density at radius 1 is 1.19 bits per heavy atom. The zero-order valence-corrected chi connectivity index (χ0v) is 12.5. The number of aryl methyl sites for hydroxylation is 1. The highest BCUT2D eigenvalue weighted by atomic mass is 15.2. The first kappa shape index (κ1) is 13.4. The maximum atomic E-state index is 4.41. The molecule has 0 saturated heterocycles. The van der Waals surface area contributed by atoms with E-state index in [0.29, 0.717) is 0 Å². The molecule has 3 rings (SSSR count). The molecule has 2 heterocycles. The molecule has 0 aliphatic rings. The van der Waals surface area contributed by atoms with E-state index in [1.54, 1.807) is 0 Å². The Morgan fingerprint density at radius 3 is 2.67 bits per heavy atom. The van der Waals surface area contributed by atoms with Crippen molar-refractivity contribution in [2.75, 3.05) is 24.3 Å².